The Morgan fingerprint density at radius 1 is 1.00 bits per heavy atom. The lowest BCUT2D eigenvalue weighted by Gasteiger charge is -2.17. The standard InChI is InChI=1S/C22H29N3O2/c26-21(23-17-9-5-1-2-6-10-17)16-12-13-18-19(15-16)24-20-11-7-3-4-8-14-25(20)22(18)27/h12-13,15,17H,1-11,14H2,(H,23,26). The van der Waals surface area contributed by atoms with Crippen LogP contribution in [0.25, 0.3) is 10.9 Å². The van der Waals surface area contributed by atoms with Crippen molar-refractivity contribution in [1.29, 1.82) is 0 Å². The minimum absolute atomic E-state index is 0.0348. The maximum absolute atomic E-state index is 12.9. The lowest BCUT2D eigenvalue weighted by molar-refractivity contribution is 0.0933. The van der Waals surface area contributed by atoms with Crippen molar-refractivity contribution in [2.75, 3.05) is 0 Å². The predicted molar refractivity (Wildman–Crippen MR) is 107 cm³/mol. The van der Waals surface area contributed by atoms with Gasteiger partial charge in [-0.15, -0.1) is 0 Å². The summed E-state index contributed by atoms with van der Waals surface area (Å²) in [6.45, 7) is 0.751. The van der Waals surface area contributed by atoms with Crippen LogP contribution in [0, 0.1) is 0 Å². The number of nitrogens with zero attached hydrogens (tertiary/aromatic N) is 2. The SMILES string of the molecule is O=C(NC1CCCCCC1)c1ccc2c(=O)n3c(nc2c1)CCCCCC3. The van der Waals surface area contributed by atoms with E-state index in [0.717, 1.165) is 44.5 Å². The minimum Gasteiger partial charge on any atom is -0.349 e. The van der Waals surface area contributed by atoms with Gasteiger partial charge in [-0.05, 0) is 43.9 Å². The molecule has 2 heterocycles. The van der Waals surface area contributed by atoms with E-state index < -0.39 is 0 Å². The molecule has 1 fully saturated rings. The highest BCUT2D eigenvalue weighted by Crippen LogP contribution is 2.19. The second kappa shape index (κ2) is 8.24. The highest BCUT2D eigenvalue weighted by molar-refractivity contribution is 5.97. The van der Waals surface area contributed by atoms with Crippen molar-refractivity contribution in [3.8, 4) is 0 Å². The Balaban J connectivity index is 1.62. The normalized spacial score (nSPS) is 19.0. The third-order valence-corrected chi connectivity index (χ3v) is 6.02. The monoisotopic (exact) mass is 367 g/mol. The summed E-state index contributed by atoms with van der Waals surface area (Å²) in [6.07, 6.45) is 12.3. The molecule has 1 aromatic carbocycles. The molecule has 0 atom stereocenters. The Bertz CT molecular complexity index is 879. The molecular weight excluding hydrogens is 338 g/mol. The van der Waals surface area contributed by atoms with E-state index in [1.807, 2.05) is 4.57 Å². The van der Waals surface area contributed by atoms with E-state index in [9.17, 15) is 9.59 Å². The van der Waals surface area contributed by atoms with E-state index in [1.165, 1.54) is 38.5 Å². The quantitative estimate of drug-likeness (QED) is 0.817. The third-order valence-electron chi connectivity index (χ3n) is 6.02. The van der Waals surface area contributed by atoms with Gasteiger partial charge in [0.15, 0.2) is 0 Å². The van der Waals surface area contributed by atoms with Crippen LogP contribution >= 0.6 is 0 Å². The fourth-order valence-corrected chi connectivity index (χ4v) is 4.43. The average Bonchev–Trinajstić information content (AvgIpc) is 2.91. The van der Waals surface area contributed by atoms with Crippen molar-refractivity contribution < 1.29 is 4.79 Å². The van der Waals surface area contributed by atoms with E-state index in [0.29, 0.717) is 16.5 Å². The highest BCUT2D eigenvalue weighted by Gasteiger charge is 2.18. The first kappa shape index (κ1) is 18.2. The molecule has 1 aliphatic carbocycles. The number of amides is 1. The number of rotatable bonds is 2. The summed E-state index contributed by atoms with van der Waals surface area (Å²) in [7, 11) is 0. The molecule has 1 aliphatic heterocycles. The largest absolute Gasteiger partial charge is 0.349 e. The van der Waals surface area contributed by atoms with Gasteiger partial charge in [-0.2, -0.15) is 0 Å². The lowest BCUT2D eigenvalue weighted by Crippen LogP contribution is -2.34. The van der Waals surface area contributed by atoms with Crippen LogP contribution in [0.5, 0.6) is 0 Å². The van der Waals surface area contributed by atoms with Crippen LogP contribution < -0.4 is 10.9 Å². The summed E-state index contributed by atoms with van der Waals surface area (Å²) in [5.41, 5.74) is 1.29. The average molecular weight is 367 g/mol. The first-order valence-corrected chi connectivity index (χ1v) is 10.6. The summed E-state index contributed by atoms with van der Waals surface area (Å²) in [5, 5.41) is 3.80. The van der Waals surface area contributed by atoms with Gasteiger partial charge in [0.05, 0.1) is 10.9 Å². The van der Waals surface area contributed by atoms with E-state index in [2.05, 4.69) is 5.32 Å². The molecule has 0 spiro atoms. The van der Waals surface area contributed by atoms with Gasteiger partial charge in [0, 0.05) is 24.6 Å². The van der Waals surface area contributed by atoms with Gasteiger partial charge in [0.2, 0.25) is 0 Å². The molecule has 1 N–H and O–H groups in total. The molecule has 0 radical (unpaired) electrons. The fraction of sp³-hybridized carbons (Fsp3) is 0.591. The Hall–Kier alpha value is -2.17. The number of carbonyl (C=O) groups is 1. The van der Waals surface area contributed by atoms with Crippen LogP contribution in [0.15, 0.2) is 23.0 Å². The van der Waals surface area contributed by atoms with Crippen LogP contribution in [0.3, 0.4) is 0 Å². The highest BCUT2D eigenvalue weighted by atomic mass is 16.1. The summed E-state index contributed by atoms with van der Waals surface area (Å²) >= 11 is 0. The van der Waals surface area contributed by atoms with Crippen molar-refractivity contribution in [3.05, 3.63) is 39.9 Å². The molecular formula is C22H29N3O2. The van der Waals surface area contributed by atoms with Gasteiger partial charge in [-0.1, -0.05) is 38.5 Å². The topological polar surface area (TPSA) is 64.0 Å². The molecule has 1 saturated carbocycles. The molecule has 5 nitrogen and oxygen atoms in total. The number of fused-ring (bicyclic) bond motifs is 2. The smallest absolute Gasteiger partial charge is 0.261 e. The molecule has 1 aromatic heterocycles. The van der Waals surface area contributed by atoms with E-state index in [-0.39, 0.29) is 17.5 Å². The Morgan fingerprint density at radius 3 is 2.56 bits per heavy atom. The number of aromatic nitrogens is 2. The second-order valence-electron chi connectivity index (χ2n) is 8.04. The molecule has 27 heavy (non-hydrogen) atoms. The Labute approximate surface area is 160 Å². The van der Waals surface area contributed by atoms with Crippen molar-refractivity contribution in [1.82, 2.24) is 14.9 Å². The number of hydrogen-bond donors (Lipinski definition) is 1. The summed E-state index contributed by atoms with van der Waals surface area (Å²) < 4.78 is 1.84. The van der Waals surface area contributed by atoms with Gasteiger partial charge in [-0.25, -0.2) is 4.98 Å². The molecule has 1 amide bonds. The van der Waals surface area contributed by atoms with Crippen molar-refractivity contribution in [2.45, 2.75) is 83.2 Å². The van der Waals surface area contributed by atoms with Crippen molar-refractivity contribution in [3.63, 3.8) is 0 Å². The van der Waals surface area contributed by atoms with Crippen LogP contribution in [0.1, 0.15) is 80.4 Å². The first-order chi connectivity index (χ1) is 13.2. The van der Waals surface area contributed by atoms with E-state index >= 15 is 0 Å². The molecule has 0 saturated heterocycles. The molecule has 0 bridgehead atoms. The zero-order valence-electron chi connectivity index (χ0n) is 16.0. The minimum atomic E-state index is -0.0440. The van der Waals surface area contributed by atoms with Crippen LogP contribution in [0.2, 0.25) is 0 Å². The van der Waals surface area contributed by atoms with Crippen LogP contribution in [0.4, 0.5) is 0 Å². The van der Waals surface area contributed by atoms with Gasteiger partial charge in [0.1, 0.15) is 5.82 Å². The van der Waals surface area contributed by atoms with Crippen LogP contribution in [-0.4, -0.2) is 21.5 Å². The van der Waals surface area contributed by atoms with E-state index in [1.54, 1.807) is 18.2 Å². The number of aryl methyl sites for hydroxylation is 1. The second-order valence-corrected chi connectivity index (χ2v) is 8.04. The van der Waals surface area contributed by atoms with Crippen molar-refractivity contribution in [2.24, 2.45) is 0 Å². The maximum Gasteiger partial charge on any atom is 0.261 e. The number of carbonyl (C=O) groups excluding carboxylic acids is 1. The number of benzene rings is 1. The van der Waals surface area contributed by atoms with Gasteiger partial charge in [0.25, 0.3) is 11.5 Å². The molecule has 4 rings (SSSR count). The molecule has 5 heteroatoms. The third kappa shape index (κ3) is 4.07. The van der Waals surface area contributed by atoms with Crippen molar-refractivity contribution >= 4 is 16.8 Å². The zero-order valence-corrected chi connectivity index (χ0v) is 16.0. The summed E-state index contributed by atoms with van der Waals surface area (Å²) in [5.74, 6) is 0.825. The van der Waals surface area contributed by atoms with Gasteiger partial charge < -0.3 is 5.32 Å². The predicted octanol–water partition coefficient (Wildman–Crippen LogP) is 3.97. The summed E-state index contributed by atoms with van der Waals surface area (Å²) in [4.78, 5) is 30.4. The maximum atomic E-state index is 12.9. The summed E-state index contributed by atoms with van der Waals surface area (Å²) in [6, 6.07) is 5.61. The number of hydrogen-bond acceptors (Lipinski definition) is 3. The Morgan fingerprint density at radius 2 is 1.74 bits per heavy atom. The first-order valence-electron chi connectivity index (χ1n) is 10.6. The molecule has 2 aromatic rings. The fourth-order valence-electron chi connectivity index (χ4n) is 4.43. The molecule has 0 unspecified atom stereocenters. The Kier molecular flexibility index (Phi) is 5.55. The molecule has 144 valence electrons. The number of nitrogens with one attached hydrogen (secondary N) is 1. The lowest BCUT2D eigenvalue weighted by atomic mass is 10.1. The van der Waals surface area contributed by atoms with E-state index in [4.69, 9.17) is 4.98 Å². The van der Waals surface area contributed by atoms with Gasteiger partial charge >= 0.3 is 0 Å². The van der Waals surface area contributed by atoms with Crippen LogP contribution in [-0.2, 0) is 13.0 Å². The molecule has 2 aliphatic rings. The van der Waals surface area contributed by atoms with Gasteiger partial charge in [-0.3, -0.25) is 14.2 Å². The zero-order chi connectivity index (χ0) is 18.6.